The van der Waals surface area contributed by atoms with E-state index >= 15 is 0 Å². The Morgan fingerprint density at radius 3 is 3.26 bits per heavy atom. The fourth-order valence-electron chi connectivity index (χ4n) is 2.84. The van der Waals surface area contributed by atoms with E-state index in [9.17, 15) is 4.79 Å². The van der Waals surface area contributed by atoms with Crippen LogP contribution < -0.4 is 10.1 Å². The van der Waals surface area contributed by atoms with Gasteiger partial charge < -0.3 is 15.0 Å². The first-order chi connectivity index (χ1) is 9.24. The van der Waals surface area contributed by atoms with E-state index in [1.165, 1.54) is 5.56 Å². The largest absolute Gasteiger partial charge is 0.493 e. The Morgan fingerprint density at radius 2 is 2.42 bits per heavy atom. The van der Waals surface area contributed by atoms with Gasteiger partial charge in [-0.15, -0.1) is 0 Å². The molecular weight excluding hydrogens is 240 g/mol. The van der Waals surface area contributed by atoms with Gasteiger partial charge in [0.2, 0.25) is 5.91 Å². The third-order valence-electron chi connectivity index (χ3n) is 3.93. The Hall–Kier alpha value is -1.55. The second-order valence-corrected chi connectivity index (χ2v) is 5.36. The van der Waals surface area contributed by atoms with Gasteiger partial charge in [-0.1, -0.05) is 12.1 Å². The molecule has 1 N–H and O–H groups in total. The maximum atomic E-state index is 12.3. The molecule has 1 atom stereocenters. The highest BCUT2D eigenvalue weighted by molar-refractivity contribution is 5.79. The van der Waals surface area contributed by atoms with Gasteiger partial charge in [-0.2, -0.15) is 0 Å². The quantitative estimate of drug-likeness (QED) is 0.862. The second kappa shape index (κ2) is 5.21. The topological polar surface area (TPSA) is 41.6 Å². The molecule has 1 amide bonds. The van der Waals surface area contributed by atoms with Crippen LogP contribution in [0.15, 0.2) is 18.2 Å². The lowest BCUT2D eigenvalue weighted by molar-refractivity contribution is -0.133. The maximum absolute atomic E-state index is 12.3. The van der Waals surface area contributed by atoms with Gasteiger partial charge in [0.25, 0.3) is 0 Å². The molecule has 1 fully saturated rings. The Morgan fingerprint density at radius 1 is 1.53 bits per heavy atom. The summed E-state index contributed by atoms with van der Waals surface area (Å²) in [6.45, 7) is 5.47. The molecule has 0 spiro atoms. The highest BCUT2D eigenvalue weighted by Crippen LogP contribution is 2.26. The minimum Gasteiger partial charge on any atom is -0.493 e. The average Bonchev–Trinajstić information content (AvgIpc) is 2.86. The molecule has 19 heavy (non-hydrogen) atoms. The van der Waals surface area contributed by atoms with Crippen molar-refractivity contribution in [3.8, 4) is 5.75 Å². The van der Waals surface area contributed by atoms with E-state index in [0.29, 0.717) is 12.5 Å². The molecule has 1 saturated heterocycles. The van der Waals surface area contributed by atoms with Crippen molar-refractivity contribution >= 4 is 5.91 Å². The summed E-state index contributed by atoms with van der Waals surface area (Å²) in [5.74, 6) is 1.21. The van der Waals surface area contributed by atoms with E-state index in [0.717, 1.165) is 44.0 Å². The van der Waals surface area contributed by atoms with Gasteiger partial charge >= 0.3 is 0 Å². The summed E-state index contributed by atoms with van der Waals surface area (Å²) in [4.78, 5) is 14.3. The minimum absolute atomic E-state index is 0.230. The van der Waals surface area contributed by atoms with Crippen molar-refractivity contribution in [1.82, 2.24) is 10.2 Å². The molecule has 0 bridgehead atoms. The summed E-state index contributed by atoms with van der Waals surface area (Å²) >= 11 is 0. The number of fused-ring (bicyclic) bond motifs is 1. The standard InChI is InChI=1S/C15H20N2O2/c1-11-10-16-5-6-17(11)15(18)9-12-2-3-14-13(8-12)4-7-19-14/h2-3,8,11,16H,4-7,9-10H2,1H3/t11-/m1/s1. The number of nitrogens with one attached hydrogen (secondary N) is 1. The molecule has 0 aliphatic carbocycles. The van der Waals surface area contributed by atoms with Crippen LogP contribution in [0.5, 0.6) is 5.75 Å². The highest BCUT2D eigenvalue weighted by Gasteiger charge is 2.23. The summed E-state index contributed by atoms with van der Waals surface area (Å²) in [6, 6.07) is 6.41. The smallest absolute Gasteiger partial charge is 0.227 e. The van der Waals surface area contributed by atoms with Gasteiger partial charge in [0.1, 0.15) is 5.75 Å². The predicted octanol–water partition coefficient (Wildman–Crippen LogP) is 0.984. The predicted molar refractivity (Wildman–Crippen MR) is 73.4 cm³/mol. The average molecular weight is 260 g/mol. The number of hydrogen-bond donors (Lipinski definition) is 1. The number of rotatable bonds is 2. The van der Waals surface area contributed by atoms with Crippen molar-refractivity contribution in [1.29, 1.82) is 0 Å². The molecule has 0 aromatic heterocycles. The first kappa shape index (κ1) is 12.5. The minimum atomic E-state index is 0.230. The molecule has 0 unspecified atom stereocenters. The van der Waals surface area contributed by atoms with Crippen LogP contribution in [0.3, 0.4) is 0 Å². The zero-order valence-electron chi connectivity index (χ0n) is 11.3. The highest BCUT2D eigenvalue weighted by atomic mass is 16.5. The first-order valence-corrected chi connectivity index (χ1v) is 6.99. The molecular formula is C15H20N2O2. The van der Waals surface area contributed by atoms with Crippen LogP contribution in [-0.2, 0) is 17.6 Å². The number of ether oxygens (including phenoxy) is 1. The van der Waals surface area contributed by atoms with Crippen LogP contribution in [0.2, 0.25) is 0 Å². The number of piperazine rings is 1. The lowest BCUT2D eigenvalue weighted by Gasteiger charge is -2.34. The zero-order valence-corrected chi connectivity index (χ0v) is 11.3. The van der Waals surface area contributed by atoms with Crippen molar-refractivity contribution in [3.05, 3.63) is 29.3 Å². The second-order valence-electron chi connectivity index (χ2n) is 5.36. The molecule has 102 valence electrons. The van der Waals surface area contributed by atoms with Crippen LogP contribution in [0.25, 0.3) is 0 Å². The number of carbonyl (C=O) groups excluding carboxylic acids is 1. The number of benzene rings is 1. The lowest BCUT2D eigenvalue weighted by Crippen LogP contribution is -2.52. The summed E-state index contributed by atoms with van der Waals surface area (Å²) in [7, 11) is 0. The van der Waals surface area contributed by atoms with Crippen LogP contribution in [0.4, 0.5) is 0 Å². The van der Waals surface area contributed by atoms with Crippen molar-refractivity contribution in [2.45, 2.75) is 25.8 Å². The number of hydrogen-bond acceptors (Lipinski definition) is 3. The number of carbonyl (C=O) groups is 1. The van der Waals surface area contributed by atoms with Crippen molar-refractivity contribution in [3.63, 3.8) is 0 Å². The summed E-state index contributed by atoms with van der Waals surface area (Å²) in [5, 5.41) is 3.31. The molecule has 4 heteroatoms. The molecule has 1 aromatic carbocycles. The van der Waals surface area contributed by atoms with Crippen molar-refractivity contribution in [2.75, 3.05) is 26.2 Å². The summed E-state index contributed by atoms with van der Waals surface area (Å²) < 4.78 is 5.49. The third-order valence-corrected chi connectivity index (χ3v) is 3.93. The number of nitrogens with zero attached hydrogens (tertiary/aromatic N) is 1. The third kappa shape index (κ3) is 2.59. The number of amides is 1. The van der Waals surface area contributed by atoms with E-state index in [1.54, 1.807) is 0 Å². The Kier molecular flexibility index (Phi) is 3.42. The molecule has 2 heterocycles. The molecule has 1 aromatic rings. The van der Waals surface area contributed by atoms with Gasteiger partial charge in [-0.3, -0.25) is 4.79 Å². The Balaban J connectivity index is 1.69. The van der Waals surface area contributed by atoms with Crippen LogP contribution in [0, 0.1) is 0 Å². The monoisotopic (exact) mass is 260 g/mol. The van der Waals surface area contributed by atoms with E-state index < -0.39 is 0 Å². The van der Waals surface area contributed by atoms with Crippen LogP contribution >= 0.6 is 0 Å². The fourth-order valence-corrected chi connectivity index (χ4v) is 2.84. The van der Waals surface area contributed by atoms with Crippen LogP contribution in [-0.4, -0.2) is 43.1 Å². The van der Waals surface area contributed by atoms with Gasteiger partial charge in [-0.25, -0.2) is 0 Å². The van der Waals surface area contributed by atoms with E-state index in [-0.39, 0.29) is 5.91 Å². The fraction of sp³-hybridized carbons (Fsp3) is 0.533. The molecule has 2 aliphatic heterocycles. The zero-order chi connectivity index (χ0) is 13.2. The van der Waals surface area contributed by atoms with E-state index in [1.807, 2.05) is 17.0 Å². The van der Waals surface area contributed by atoms with Crippen LogP contribution in [0.1, 0.15) is 18.1 Å². The summed E-state index contributed by atoms with van der Waals surface area (Å²) in [5.41, 5.74) is 2.33. The van der Waals surface area contributed by atoms with Gasteiger partial charge in [0, 0.05) is 32.1 Å². The normalized spacial score (nSPS) is 21.9. The maximum Gasteiger partial charge on any atom is 0.227 e. The molecule has 2 aliphatic rings. The van der Waals surface area contributed by atoms with Crippen molar-refractivity contribution in [2.24, 2.45) is 0 Å². The SMILES string of the molecule is C[C@@H]1CNCCN1C(=O)Cc1ccc2c(c1)CCO2. The Bertz CT molecular complexity index is 487. The van der Waals surface area contributed by atoms with Gasteiger partial charge in [-0.05, 0) is 24.1 Å². The first-order valence-electron chi connectivity index (χ1n) is 6.99. The summed E-state index contributed by atoms with van der Waals surface area (Å²) in [6.07, 6.45) is 1.46. The molecule has 4 nitrogen and oxygen atoms in total. The Labute approximate surface area is 113 Å². The molecule has 3 rings (SSSR count). The lowest BCUT2D eigenvalue weighted by atomic mass is 10.0. The molecule has 0 radical (unpaired) electrons. The van der Waals surface area contributed by atoms with Gasteiger partial charge in [0.15, 0.2) is 0 Å². The van der Waals surface area contributed by atoms with Crippen molar-refractivity contribution < 1.29 is 9.53 Å². The molecule has 0 saturated carbocycles. The van der Waals surface area contributed by atoms with Gasteiger partial charge in [0.05, 0.1) is 13.0 Å². The van der Waals surface area contributed by atoms with E-state index in [2.05, 4.69) is 18.3 Å². The van der Waals surface area contributed by atoms with E-state index in [4.69, 9.17) is 4.74 Å².